The van der Waals surface area contributed by atoms with E-state index in [4.69, 9.17) is 0 Å². The maximum absolute atomic E-state index is 4.12. The summed E-state index contributed by atoms with van der Waals surface area (Å²) >= 11 is 0. The summed E-state index contributed by atoms with van der Waals surface area (Å²) in [5.74, 6) is 0. The maximum Gasteiger partial charge on any atom is 0.0512 e. The zero-order valence-corrected chi connectivity index (χ0v) is 5.67. The van der Waals surface area contributed by atoms with Crippen molar-refractivity contribution in [3.63, 3.8) is 0 Å². The van der Waals surface area contributed by atoms with Gasteiger partial charge in [0.05, 0.1) is 6.54 Å². The lowest BCUT2D eigenvalue weighted by Crippen LogP contribution is -2.15. The number of hydrogen-bond acceptors (Lipinski definition) is 1. The van der Waals surface area contributed by atoms with Gasteiger partial charge in [-0.25, -0.2) is 0 Å². The van der Waals surface area contributed by atoms with E-state index in [-0.39, 0.29) is 5.41 Å². The van der Waals surface area contributed by atoms with E-state index in [0.717, 1.165) is 6.54 Å². The van der Waals surface area contributed by atoms with Crippen molar-refractivity contribution in [2.45, 2.75) is 6.92 Å². The fourth-order valence-corrected chi connectivity index (χ4v) is 0.758. The number of aliphatic imine (C=N–C) groups is 1. The predicted molar refractivity (Wildman–Crippen MR) is 40.8 cm³/mol. The summed E-state index contributed by atoms with van der Waals surface area (Å²) < 4.78 is 0. The van der Waals surface area contributed by atoms with Crippen LogP contribution in [0.15, 0.2) is 29.8 Å². The van der Waals surface area contributed by atoms with Gasteiger partial charge in [-0.3, -0.25) is 4.99 Å². The molecule has 0 saturated heterocycles. The number of allylic oxidation sites excluding steroid dienone is 1. The van der Waals surface area contributed by atoms with Gasteiger partial charge in [-0.05, 0) is 6.08 Å². The van der Waals surface area contributed by atoms with Gasteiger partial charge in [0, 0.05) is 11.6 Å². The first-order valence-electron chi connectivity index (χ1n) is 3.08. The second-order valence-electron chi connectivity index (χ2n) is 2.56. The quantitative estimate of drug-likeness (QED) is 0.469. The normalized spacial score (nSPS) is 32.6. The molecule has 1 heteroatoms. The van der Waals surface area contributed by atoms with Crippen LogP contribution in [0.2, 0.25) is 0 Å². The lowest BCUT2D eigenvalue weighted by atomic mass is 9.89. The molecule has 0 aliphatic carbocycles. The second-order valence-corrected chi connectivity index (χ2v) is 2.56. The van der Waals surface area contributed by atoms with Crippen LogP contribution < -0.4 is 0 Å². The van der Waals surface area contributed by atoms with Crippen LogP contribution in [0.4, 0.5) is 0 Å². The molecule has 0 fully saturated rings. The number of dihydropyridines is 1. The largest absolute Gasteiger partial charge is 0.292 e. The lowest BCUT2D eigenvalue weighted by molar-refractivity contribution is 0.566. The van der Waals surface area contributed by atoms with Crippen molar-refractivity contribution in [2.75, 3.05) is 6.54 Å². The molecule has 0 unspecified atom stereocenters. The van der Waals surface area contributed by atoms with Gasteiger partial charge in [0.15, 0.2) is 0 Å². The Bertz CT molecular complexity index is 167. The molecule has 0 amide bonds. The van der Waals surface area contributed by atoms with E-state index in [0.29, 0.717) is 0 Å². The summed E-state index contributed by atoms with van der Waals surface area (Å²) in [6.45, 7) is 6.69. The fraction of sp³-hybridized carbons (Fsp3) is 0.375. The monoisotopic (exact) mass is 121 g/mol. The van der Waals surface area contributed by atoms with Crippen LogP contribution in [0.5, 0.6) is 0 Å². The minimum Gasteiger partial charge on any atom is -0.292 e. The van der Waals surface area contributed by atoms with E-state index in [1.54, 1.807) is 0 Å². The first kappa shape index (κ1) is 6.27. The first-order chi connectivity index (χ1) is 4.27. The van der Waals surface area contributed by atoms with E-state index < -0.39 is 0 Å². The molecule has 0 bridgehead atoms. The van der Waals surface area contributed by atoms with Crippen molar-refractivity contribution in [1.29, 1.82) is 0 Å². The highest BCUT2D eigenvalue weighted by Gasteiger charge is 2.15. The van der Waals surface area contributed by atoms with Crippen LogP contribution >= 0.6 is 0 Å². The predicted octanol–water partition coefficient (Wildman–Crippen LogP) is 1.82. The minimum absolute atomic E-state index is 0.106. The zero-order valence-electron chi connectivity index (χ0n) is 5.67. The molecule has 0 saturated carbocycles. The van der Waals surface area contributed by atoms with Crippen molar-refractivity contribution in [1.82, 2.24) is 0 Å². The Morgan fingerprint density at radius 1 is 1.78 bits per heavy atom. The average Bonchev–Trinajstić information content (AvgIpc) is 1.90. The molecule has 0 N–H and O–H groups in total. The third-order valence-corrected chi connectivity index (χ3v) is 1.57. The highest BCUT2D eigenvalue weighted by Crippen LogP contribution is 2.21. The Hall–Kier alpha value is -0.850. The maximum atomic E-state index is 4.12. The molecule has 0 aromatic rings. The smallest absolute Gasteiger partial charge is 0.0512 e. The summed E-state index contributed by atoms with van der Waals surface area (Å²) in [5.41, 5.74) is 0.106. The second kappa shape index (κ2) is 2.18. The van der Waals surface area contributed by atoms with Crippen molar-refractivity contribution in [3.05, 3.63) is 24.8 Å². The Morgan fingerprint density at radius 2 is 2.56 bits per heavy atom. The Labute approximate surface area is 55.8 Å². The van der Waals surface area contributed by atoms with Crippen molar-refractivity contribution in [2.24, 2.45) is 10.4 Å². The molecule has 1 heterocycles. The fourth-order valence-electron chi connectivity index (χ4n) is 0.758. The van der Waals surface area contributed by atoms with Gasteiger partial charge >= 0.3 is 0 Å². The van der Waals surface area contributed by atoms with Gasteiger partial charge in [0.25, 0.3) is 0 Å². The zero-order chi connectivity index (χ0) is 6.74. The van der Waals surface area contributed by atoms with Crippen LogP contribution in [0.3, 0.4) is 0 Å². The van der Waals surface area contributed by atoms with Crippen LogP contribution in [-0.4, -0.2) is 12.8 Å². The Balaban J connectivity index is 2.73. The molecule has 0 radical (unpaired) electrons. The minimum atomic E-state index is 0.106. The highest BCUT2D eigenvalue weighted by atomic mass is 14.7. The molecule has 1 aliphatic rings. The number of hydrogen-bond donors (Lipinski definition) is 0. The van der Waals surface area contributed by atoms with Gasteiger partial charge in [-0.2, -0.15) is 0 Å². The summed E-state index contributed by atoms with van der Waals surface area (Å²) in [6.07, 6.45) is 7.84. The van der Waals surface area contributed by atoms with Gasteiger partial charge in [-0.15, -0.1) is 6.58 Å². The van der Waals surface area contributed by atoms with Crippen LogP contribution in [0, 0.1) is 5.41 Å². The third kappa shape index (κ3) is 1.28. The molecule has 0 aromatic heterocycles. The van der Waals surface area contributed by atoms with E-state index in [9.17, 15) is 0 Å². The van der Waals surface area contributed by atoms with Gasteiger partial charge in [-0.1, -0.05) is 19.1 Å². The van der Waals surface area contributed by atoms with Crippen LogP contribution in [0.1, 0.15) is 6.92 Å². The van der Waals surface area contributed by atoms with Crippen LogP contribution in [-0.2, 0) is 0 Å². The van der Waals surface area contributed by atoms with Gasteiger partial charge < -0.3 is 0 Å². The third-order valence-electron chi connectivity index (χ3n) is 1.57. The molecule has 1 rings (SSSR count). The van der Waals surface area contributed by atoms with E-state index in [2.05, 4.69) is 24.6 Å². The summed E-state index contributed by atoms with van der Waals surface area (Å²) in [7, 11) is 0. The summed E-state index contributed by atoms with van der Waals surface area (Å²) in [6, 6.07) is 0. The summed E-state index contributed by atoms with van der Waals surface area (Å²) in [5, 5.41) is 0. The molecule has 0 aromatic carbocycles. The van der Waals surface area contributed by atoms with Crippen molar-refractivity contribution >= 4 is 6.21 Å². The molecular formula is C8H11N. The highest BCUT2D eigenvalue weighted by molar-refractivity contribution is 5.72. The standard InChI is InChI=1S/C8H11N/c1-3-8(2)5-4-6-9-7-8/h3-6H,1,7H2,2H3/t8-/m1/s1. The molecule has 48 valence electrons. The molecule has 1 atom stereocenters. The first-order valence-corrected chi connectivity index (χ1v) is 3.08. The molecule has 1 nitrogen and oxygen atoms in total. The lowest BCUT2D eigenvalue weighted by Gasteiger charge is -2.20. The molecule has 0 spiro atoms. The van der Waals surface area contributed by atoms with E-state index >= 15 is 0 Å². The van der Waals surface area contributed by atoms with Crippen molar-refractivity contribution < 1.29 is 0 Å². The van der Waals surface area contributed by atoms with Crippen LogP contribution in [0.25, 0.3) is 0 Å². The SMILES string of the molecule is C=C[C@]1(C)C=CC=NC1. The van der Waals surface area contributed by atoms with Crippen molar-refractivity contribution in [3.8, 4) is 0 Å². The molecule has 1 aliphatic heterocycles. The van der Waals surface area contributed by atoms with E-state index in [1.807, 2.05) is 18.4 Å². The van der Waals surface area contributed by atoms with E-state index in [1.165, 1.54) is 0 Å². The van der Waals surface area contributed by atoms with Gasteiger partial charge in [0.2, 0.25) is 0 Å². The van der Waals surface area contributed by atoms with Gasteiger partial charge in [0.1, 0.15) is 0 Å². The summed E-state index contributed by atoms with van der Waals surface area (Å²) in [4.78, 5) is 4.12. The Morgan fingerprint density at radius 3 is 2.89 bits per heavy atom. The molecular weight excluding hydrogens is 110 g/mol. The topological polar surface area (TPSA) is 12.4 Å². The molecule has 9 heavy (non-hydrogen) atoms. The average molecular weight is 121 g/mol. The Kier molecular flexibility index (Phi) is 1.52. The number of nitrogens with zero attached hydrogens (tertiary/aromatic N) is 1. The number of rotatable bonds is 1.